The Balaban J connectivity index is 1.62. The summed E-state index contributed by atoms with van der Waals surface area (Å²) in [6, 6.07) is 17.0. The quantitative estimate of drug-likeness (QED) is 0.533. The summed E-state index contributed by atoms with van der Waals surface area (Å²) in [5.41, 5.74) is 2.37. The number of amides is 1. The molecule has 0 unspecified atom stereocenters. The van der Waals surface area contributed by atoms with Crippen molar-refractivity contribution in [2.45, 2.75) is 6.42 Å². The van der Waals surface area contributed by atoms with E-state index in [-0.39, 0.29) is 17.9 Å². The van der Waals surface area contributed by atoms with Crippen molar-refractivity contribution in [1.82, 2.24) is 9.55 Å². The van der Waals surface area contributed by atoms with E-state index in [2.05, 4.69) is 5.32 Å². The highest BCUT2D eigenvalue weighted by atomic mass is 32.1. The van der Waals surface area contributed by atoms with Crippen molar-refractivity contribution in [1.29, 1.82) is 0 Å². The molecule has 4 aromatic rings. The smallest absolute Gasteiger partial charge is 0.250 e. The Hall–Kier alpha value is -3.03. The maximum absolute atomic E-state index is 12.6. The van der Waals surface area contributed by atoms with E-state index >= 15 is 0 Å². The second-order valence-electron chi connectivity index (χ2n) is 6.23. The number of pyridine rings is 1. The van der Waals surface area contributed by atoms with Gasteiger partial charge in [-0.2, -0.15) is 0 Å². The van der Waals surface area contributed by atoms with E-state index in [1.165, 1.54) is 22.0 Å². The van der Waals surface area contributed by atoms with Crippen LogP contribution in [-0.4, -0.2) is 15.5 Å². The van der Waals surface area contributed by atoms with E-state index in [1.54, 1.807) is 30.6 Å². The van der Waals surface area contributed by atoms with Crippen molar-refractivity contribution >= 4 is 34.3 Å². The van der Waals surface area contributed by atoms with Crippen molar-refractivity contribution in [2.24, 2.45) is 7.05 Å². The third-order valence-corrected chi connectivity index (χ3v) is 6.14. The molecule has 0 saturated heterocycles. The van der Waals surface area contributed by atoms with Crippen molar-refractivity contribution in [3.8, 4) is 21.1 Å². The van der Waals surface area contributed by atoms with E-state index in [4.69, 9.17) is 4.98 Å². The molecule has 0 aliphatic rings. The van der Waals surface area contributed by atoms with Crippen LogP contribution in [0.25, 0.3) is 21.1 Å². The normalized spacial score (nSPS) is 10.8. The molecule has 0 spiro atoms. The molecule has 3 aromatic heterocycles. The van der Waals surface area contributed by atoms with E-state index in [1.807, 2.05) is 47.8 Å². The minimum absolute atomic E-state index is 0.118. The second kappa shape index (κ2) is 7.92. The van der Waals surface area contributed by atoms with Crippen molar-refractivity contribution in [3.05, 3.63) is 81.4 Å². The number of aromatic nitrogens is 2. The fourth-order valence-electron chi connectivity index (χ4n) is 2.80. The predicted molar refractivity (Wildman–Crippen MR) is 115 cm³/mol. The van der Waals surface area contributed by atoms with Gasteiger partial charge in [-0.15, -0.1) is 22.7 Å². The zero-order valence-corrected chi connectivity index (χ0v) is 16.7. The summed E-state index contributed by atoms with van der Waals surface area (Å²) in [6.45, 7) is 0. The molecular formula is C21H17N3O2S2. The molecule has 0 aliphatic carbocycles. The molecule has 7 heteroatoms. The Bertz CT molecular complexity index is 1160. The molecule has 4 rings (SSSR count). The summed E-state index contributed by atoms with van der Waals surface area (Å²) in [5, 5.41) is 5.77. The number of thiophene rings is 1. The molecule has 0 atom stereocenters. The van der Waals surface area contributed by atoms with E-state index in [0.717, 1.165) is 26.0 Å². The van der Waals surface area contributed by atoms with Gasteiger partial charge in [0.25, 0.3) is 0 Å². The van der Waals surface area contributed by atoms with Crippen molar-refractivity contribution in [3.63, 3.8) is 0 Å². The first-order valence-electron chi connectivity index (χ1n) is 8.66. The van der Waals surface area contributed by atoms with Crippen LogP contribution in [0.4, 0.5) is 5.69 Å². The molecule has 0 fully saturated rings. The minimum atomic E-state index is -0.139. The number of anilines is 1. The van der Waals surface area contributed by atoms with Crippen LogP contribution in [0.2, 0.25) is 0 Å². The molecule has 0 bridgehead atoms. The van der Waals surface area contributed by atoms with Crippen LogP contribution in [-0.2, 0) is 18.3 Å². The Morgan fingerprint density at radius 1 is 1.11 bits per heavy atom. The van der Waals surface area contributed by atoms with E-state index in [9.17, 15) is 9.59 Å². The van der Waals surface area contributed by atoms with Crippen molar-refractivity contribution < 1.29 is 4.79 Å². The van der Waals surface area contributed by atoms with E-state index < -0.39 is 0 Å². The Morgan fingerprint density at radius 3 is 2.64 bits per heavy atom. The average Bonchev–Trinajstić information content (AvgIpc) is 3.35. The number of hydrogen-bond acceptors (Lipinski definition) is 5. The molecule has 0 aliphatic heterocycles. The third-order valence-electron chi connectivity index (χ3n) is 4.16. The lowest BCUT2D eigenvalue weighted by atomic mass is 10.2. The van der Waals surface area contributed by atoms with Crippen LogP contribution >= 0.6 is 22.7 Å². The first kappa shape index (κ1) is 18.3. The van der Waals surface area contributed by atoms with Crippen LogP contribution in [0.1, 0.15) is 4.88 Å². The maximum Gasteiger partial charge on any atom is 0.250 e. The monoisotopic (exact) mass is 407 g/mol. The highest BCUT2D eigenvalue weighted by Crippen LogP contribution is 2.36. The minimum Gasteiger partial charge on any atom is -0.324 e. The van der Waals surface area contributed by atoms with Crippen LogP contribution in [0.5, 0.6) is 0 Å². The number of nitrogens with zero attached hydrogens (tertiary/aromatic N) is 2. The Kier molecular flexibility index (Phi) is 5.18. The maximum atomic E-state index is 12.6. The Labute approximate surface area is 170 Å². The number of hydrogen-bond donors (Lipinski definition) is 1. The van der Waals surface area contributed by atoms with Gasteiger partial charge in [0.15, 0.2) is 0 Å². The SMILES string of the molecule is Cn1cc(NC(=O)Cc2sc(-c3ccccc3)nc2-c2cccs2)ccc1=O. The van der Waals surface area contributed by atoms with E-state index in [0.29, 0.717) is 5.69 Å². The zero-order chi connectivity index (χ0) is 19.5. The van der Waals surface area contributed by atoms with Gasteiger partial charge < -0.3 is 9.88 Å². The lowest BCUT2D eigenvalue weighted by Crippen LogP contribution is -2.18. The number of rotatable bonds is 5. The number of benzene rings is 1. The number of thiazole rings is 1. The van der Waals surface area contributed by atoms with Gasteiger partial charge in [0.1, 0.15) is 5.01 Å². The first-order valence-corrected chi connectivity index (χ1v) is 10.4. The molecular weight excluding hydrogens is 390 g/mol. The topological polar surface area (TPSA) is 64.0 Å². The summed E-state index contributed by atoms with van der Waals surface area (Å²) in [4.78, 5) is 30.9. The standard InChI is InChI=1S/C21H17N3O2S2/c1-24-13-15(9-10-19(24)26)22-18(25)12-17-20(16-8-5-11-27-16)23-21(28-17)14-6-3-2-4-7-14/h2-11,13H,12H2,1H3,(H,22,25). The highest BCUT2D eigenvalue weighted by Gasteiger charge is 2.18. The van der Waals surface area contributed by atoms with Gasteiger partial charge in [0, 0.05) is 29.8 Å². The highest BCUT2D eigenvalue weighted by molar-refractivity contribution is 7.17. The Morgan fingerprint density at radius 2 is 1.93 bits per heavy atom. The molecule has 28 heavy (non-hydrogen) atoms. The summed E-state index contributed by atoms with van der Waals surface area (Å²) >= 11 is 3.14. The molecule has 3 heterocycles. The van der Waals surface area contributed by atoms with Gasteiger partial charge >= 0.3 is 0 Å². The fourth-order valence-corrected chi connectivity index (χ4v) is 4.69. The number of nitrogens with one attached hydrogen (secondary N) is 1. The summed E-state index contributed by atoms with van der Waals surface area (Å²) in [5.74, 6) is -0.139. The summed E-state index contributed by atoms with van der Waals surface area (Å²) in [6.07, 6.45) is 1.84. The lowest BCUT2D eigenvalue weighted by molar-refractivity contribution is -0.115. The van der Waals surface area contributed by atoms with Gasteiger partial charge in [-0.1, -0.05) is 36.4 Å². The molecule has 1 N–H and O–H groups in total. The van der Waals surface area contributed by atoms with Crippen LogP contribution < -0.4 is 10.9 Å². The second-order valence-corrected chi connectivity index (χ2v) is 8.26. The molecule has 140 valence electrons. The van der Waals surface area contributed by atoms with Crippen LogP contribution in [0, 0.1) is 0 Å². The third kappa shape index (κ3) is 3.95. The fraction of sp³-hybridized carbons (Fsp3) is 0.0952. The molecule has 1 amide bonds. The van der Waals surface area contributed by atoms with Gasteiger partial charge in [-0.25, -0.2) is 4.98 Å². The first-order chi connectivity index (χ1) is 13.6. The number of carbonyl (C=O) groups excluding carboxylic acids is 1. The van der Waals surface area contributed by atoms with Crippen molar-refractivity contribution in [2.75, 3.05) is 5.32 Å². The number of aryl methyl sites for hydroxylation is 1. The molecule has 0 saturated carbocycles. The average molecular weight is 408 g/mol. The lowest BCUT2D eigenvalue weighted by Gasteiger charge is -2.06. The van der Waals surface area contributed by atoms with Gasteiger partial charge in [0.05, 0.1) is 22.7 Å². The molecule has 5 nitrogen and oxygen atoms in total. The van der Waals surface area contributed by atoms with Crippen LogP contribution in [0.15, 0.2) is 71.0 Å². The molecule has 0 radical (unpaired) electrons. The largest absolute Gasteiger partial charge is 0.324 e. The zero-order valence-electron chi connectivity index (χ0n) is 15.1. The van der Waals surface area contributed by atoms with Gasteiger partial charge in [0.2, 0.25) is 11.5 Å². The van der Waals surface area contributed by atoms with Gasteiger partial charge in [-0.05, 0) is 17.5 Å². The summed E-state index contributed by atoms with van der Waals surface area (Å²) in [7, 11) is 1.65. The number of carbonyl (C=O) groups is 1. The molecule has 1 aromatic carbocycles. The van der Waals surface area contributed by atoms with Crippen LogP contribution in [0.3, 0.4) is 0 Å². The summed E-state index contributed by atoms with van der Waals surface area (Å²) < 4.78 is 1.44. The predicted octanol–water partition coefficient (Wildman–Crippen LogP) is 4.42. The van der Waals surface area contributed by atoms with Gasteiger partial charge in [-0.3, -0.25) is 9.59 Å².